The highest BCUT2D eigenvalue weighted by Gasteiger charge is 2.22. The Morgan fingerprint density at radius 1 is 0.290 bits per heavy atom. The molecule has 0 N–H and O–H groups in total. The lowest BCUT2D eigenvalue weighted by Crippen LogP contribution is -2.25. The Bertz CT molecular complexity index is 3130. The molecule has 0 unspecified atom stereocenters. The van der Waals surface area contributed by atoms with Gasteiger partial charge in [-0.15, -0.1) is 0 Å². The summed E-state index contributed by atoms with van der Waals surface area (Å²) < 4.78 is 4.59. The van der Waals surface area contributed by atoms with Crippen molar-refractivity contribution in [1.82, 2.24) is 18.3 Å². The first-order chi connectivity index (χ1) is 33.5. The molecule has 8 aromatic rings. The number of nitrogens with zero attached hydrogens (tertiary/aromatic N) is 4. The van der Waals surface area contributed by atoms with Gasteiger partial charge >= 0.3 is 0 Å². The minimum atomic E-state index is -0.563. The van der Waals surface area contributed by atoms with Crippen LogP contribution in [0.25, 0.3) is 54.5 Å². The lowest BCUT2D eigenvalue weighted by atomic mass is 10.0. The molecule has 0 aliphatic rings. The average molecular weight is 933 g/mol. The van der Waals surface area contributed by atoms with Crippen LogP contribution in [0.1, 0.15) is 153 Å². The molecule has 4 aromatic carbocycles. The van der Waals surface area contributed by atoms with Crippen LogP contribution in [0.15, 0.2) is 111 Å². The van der Waals surface area contributed by atoms with Crippen molar-refractivity contribution >= 4 is 43.1 Å². The Labute approximate surface area is 399 Å². The van der Waals surface area contributed by atoms with E-state index in [4.69, 9.17) is 0 Å². The maximum Gasteiger partial charge on any atom is 0.266 e. The third-order valence-corrected chi connectivity index (χ3v) is 14.2. The van der Waals surface area contributed by atoms with E-state index in [1.807, 2.05) is 0 Å². The second-order valence-electron chi connectivity index (χ2n) is 19.2. The van der Waals surface area contributed by atoms with Gasteiger partial charge in [0, 0.05) is 13.1 Å². The van der Waals surface area contributed by atoms with Crippen molar-refractivity contribution in [1.29, 1.82) is 0 Å². The first kappa shape index (κ1) is 48.9. The molecule has 12 heteroatoms. The lowest BCUT2D eigenvalue weighted by Gasteiger charge is -2.06. The molecule has 0 radical (unpaired) electrons. The van der Waals surface area contributed by atoms with Crippen molar-refractivity contribution < 1.29 is 0 Å². The summed E-state index contributed by atoms with van der Waals surface area (Å²) in [5.41, 5.74) is -1.56. The number of hydrogen-bond acceptors (Lipinski definition) is 8. The van der Waals surface area contributed by atoms with Gasteiger partial charge in [-0.05, 0) is 78.9 Å². The standard InChI is InChI=1S/C57H64N4O8/c1-3-5-7-9-11-13-15-17-19-21-31-58-50(62)42-34-46-47(35-43(42)51(58)63)55(67)60(54(46)66)40-27-23-38(24-28-40)33-39-25-29-41(30-26-39)61-56(68)48-36-44-45(37-49(48)57(61)69)53(65)59(52(44)64)32-22-20-18-16-14-12-10-8-6-4-2/h23-30,34-37H,3-22,31-33H2,1-2H3. The molecule has 0 saturated carbocycles. The highest BCUT2D eigenvalue weighted by Crippen LogP contribution is 2.21. The van der Waals surface area contributed by atoms with Gasteiger partial charge in [-0.3, -0.25) is 47.5 Å². The monoisotopic (exact) mass is 932 g/mol. The van der Waals surface area contributed by atoms with E-state index < -0.39 is 44.5 Å². The second-order valence-corrected chi connectivity index (χ2v) is 19.2. The minimum absolute atomic E-state index is 0.0930. The van der Waals surface area contributed by atoms with E-state index in [0.29, 0.717) is 43.7 Å². The minimum Gasteiger partial charge on any atom is -0.274 e. The Balaban J connectivity index is 0.907. The number of rotatable bonds is 26. The van der Waals surface area contributed by atoms with Gasteiger partial charge in [0.05, 0.1) is 54.5 Å². The van der Waals surface area contributed by atoms with Gasteiger partial charge in [0.25, 0.3) is 44.5 Å². The van der Waals surface area contributed by atoms with E-state index in [1.165, 1.54) is 110 Å². The maximum absolute atomic E-state index is 13.7. The molecule has 0 saturated heterocycles. The fourth-order valence-electron chi connectivity index (χ4n) is 10.2. The fraction of sp³-hybridized carbons (Fsp3) is 0.439. The van der Waals surface area contributed by atoms with Crippen LogP contribution in [0.5, 0.6) is 0 Å². The highest BCUT2D eigenvalue weighted by molar-refractivity contribution is 5.99. The van der Waals surface area contributed by atoms with Crippen LogP contribution in [-0.2, 0) is 19.5 Å². The molecule has 69 heavy (non-hydrogen) atoms. The van der Waals surface area contributed by atoms with E-state index in [1.54, 1.807) is 48.5 Å². The molecule has 0 amide bonds. The van der Waals surface area contributed by atoms with Gasteiger partial charge in [0.15, 0.2) is 0 Å². The topological polar surface area (TPSA) is 156 Å². The molecular weight excluding hydrogens is 869 g/mol. The van der Waals surface area contributed by atoms with Crippen LogP contribution in [0.4, 0.5) is 0 Å². The Kier molecular flexibility index (Phi) is 15.8. The van der Waals surface area contributed by atoms with Gasteiger partial charge in [0.2, 0.25) is 0 Å². The normalized spacial score (nSPS) is 12.0. The van der Waals surface area contributed by atoms with E-state index in [9.17, 15) is 38.4 Å². The van der Waals surface area contributed by atoms with Crippen molar-refractivity contribution in [2.75, 3.05) is 0 Å². The van der Waals surface area contributed by atoms with Crippen LogP contribution in [0, 0.1) is 0 Å². The van der Waals surface area contributed by atoms with Gasteiger partial charge in [0.1, 0.15) is 0 Å². The first-order valence-corrected chi connectivity index (χ1v) is 25.6. The van der Waals surface area contributed by atoms with Crippen LogP contribution in [-0.4, -0.2) is 18.3 Å². The number of benzene rings is 4. The zero-order chi connectivity index (χ0) is 48.6. The van der Waals surface area contributed by atoms with Crippen LogP contribution in [0.2, 0.25) is 0 Å². The van der Waals surface area contributed by atoms with Gasteiger partial charge < -0.3 is 0 Å². The Morgan fingerprint density at radius 2 is 0.522 bits per heavy atom. The molecule has 0 aliphatic carbocycles. The van der Waals surface area contributed by atoms with Crippen molar-refractivity contribution in [2.24, 2.45) is 0 Å². The van der Waals surface area contributed by atoms with Gasteiger partial charge in [-0.25, -0.2) is 9.13 Å². The quantitative estimate of drug-likeness (QED) is 0.0486. The maximum atomic E-state index is 13.7. The molecule has 0 spiro atoms. The predicted molar refractivity (Wildman–Crippen MR) is 279 cm³/mol. The smallest absolute Gasteiger partial charge is 0.266 e. The second kappa shape index (κ2) is 22.2. The lowest BCUT2D eigenvalue weighted by molar-refractivity contribution is 0.529. The summed E-state index contributed by atoms with van der Waals surface area (Å²) in [6, 6.07) is 19.5. The molecule has 4 heterocycles. The molecule has 0 bridgehead atoms. The van der Waals surface area contributed by atoms with Crippen molar-refractivity contribution in [3.63, 3.8) is 0 Å². The molecule has 12 nitrogen and oxygen atoms in total. The van der Waals surface area contributed by atoms with Gasteiger partial charge in [-0.1, -0.05) is 154 Å². The Morgan fingerprint density at radius 3 is 0.783 bits per heavy atom. The number of hydrogen-bond donors (Lipinski definition) is 0. The molecule has 8 rings (SSSR count). The summed E-state index contributed by atoms with van der Waals surface area (Å²) in [7, 11) is 0. The molecule has 0 fully saturated rings. The fourth-order valence-corrected chi connectivity index (χ4v) is 10.2. The molecule has 4 aromatic heterocycles. The van der Waals surface area contributed by atoms with Crippen molar-refractivity contribution in [3.05, 3.63) is 167 Å². The van der Waals surface area contributed by atoms with E-state index in [-0.39, 0.29) is 43.1 Å². The Hall–Kier alpha value is -6.56. The highest BCUT2D eigenvalue weighted by atomic mass is 16.2. The third kappa shape index (κ3) is 10.3. The zero-order valence-electron chi connectivity index (χ0n) is 40.2. The number of fused-ring (bicyclic) bond motifs is 4. The third-order valence-electron chi connectivity index (χ3n) is 14.2. The van der Waals surface area contributed by atoms with Crippen LogP contribution < -0.4 is 44.5 Å². The molecule has 0 aliphatic heterocycles. The first-order valence-electron chi connectivity index (χ1n) is 25.6. The summed E-state index contributed by atoms with van der Waals surface area (Å²) in [5, 5.41) is 0.967. The summed E-state index contributed by atoms with van der Waals surface area (Å²) >= 11 is 0. The van der Waals surface area contributed by atoms with E-state index in [0.717, 1.165) is 58.8 Å². The van der Waals surface area contributed by atoms with Crippen molar-refractivity contribution in [2.45, 2.75) is 162 Å². The SMILES string of the molecule is CCCCCCCCCCCCn1c(=O)c2cc3c(=O)n(-c4ccc(Cc5ccc(-n6c(=O)c7cc8c(=O)n(CCCCCCCCCCCC)c(=O)c8cc7c6=O)cc5)cc4)c(=O)c3cc2c1=O. The van der Waals surface area contributed by atoms with E-state index in [2.05, 4.69) is 13.8 Å². The van der Waals surface area contributed by atoms with Crippen LogP contribution >= 0.6 is 0 Å². The number of aromatic nitrogens is 4. The molecule has 0 atom stereocenters. The summed E-state index contributed by atoms with van der Waals surface area (Å²) in [4.78, 5) is 108. The summed E-state index contributed by atoms with van der Waals surface area (Å²) in [5.74, 6) is 0. The summed E-state index contributed by atoms with van der Waals surface area (Å²) in [6.45, 7) is 5.03. The van der Waals surface area contributed by atoms with Gasteiger partial charge in [-0.2, -0.15) is 0 Å². The average Bonchev–Trinajstić information content (AvgIpc) is 3.94. The largest absolute Gasteiger partial charge is 0.274 e. The zero-order valence-corrected chi connectivity index (χ0v) is 40.2. The molecule has 360 valence electrons. The van der Waals surface area contributed by atoms with Crippen molar-refractivity contribution in [3.8, 4) is 11.4 Å². The predicted octanol–water partition coefficient (Wildman–Crippen LogP) is 9.55. The number of unbranched alkanes of at least 4 members (excludes halogenated alkanes) is 18. The van der Waals surface area contributed by atoms with E-state index >= 15 is 0 Å². The van der Waals surface area contributed by atoms with Crippen LogP contribution in [0.3, 0.4) is 0 Å². The molecular formula is C57H64N4O8. The summed E-state index contributed by atoms with van der Waals surface area (Å²) in [6.07, 6.45) is 23.2.